The molecule has 37 heavy (non-hydrogen) atoms. The minimum Gasteiger partial charge on any atom is -0.598 e. The molecule has 220 valence electrons. The molecule has 2 N–H and O–H groups in total. The molecule has 0 aromatic carbocycles. The summed E-state index contributed by atoms with van der Waals surface area (Å²) in [7, 11) is -2.04. The first-order valence-electron chi connectivity index (χ1n) is 14.4. The van der Waals surface area contributed by atoms with Gasteiger partial charge in [0.25, 0.3) is 0 Å². The van der Waals surface area contributed by atoms with Crippen LogP contribution in [-0.4, -0.2) is 58.4 Å². The second kappa shape index (κ2) is 13.4. The van der Waals surface area contributed by atoms with Crippen molar-refractivity contribution >= 4 is 25.8 Å². The summed E-state index contributed by atoms with van der Waals surface area (Å²) < 4.78 is 22.6. The van der Waals surface area contributed by atoms with Crippen LogP contribution < -0.4 is 4.72 Å². The van der Waals surface area contributed by atoms with Gasteiger partial charge in [0.05, 0.1) is 18.7 Å². The molecule has 1 saturated carbocycles. The van der Waals surface area contributed by atoms with Gasteiger partial charge >= 0.3 is 6.09 Å². The molecule has 0 aromatic rings. The van der Waals surface area contributed by atoms with E-state index in [1.807, 2.05) is 20.8 Å². The fourth-order valence-electron chi connectivity index (χ4n) is 4.48. The quantitative estimate of drug-likeness (QED) is 0.167. The zero-order chi connectivity index (χ0) is 29.0. The second-order valence-electron chi connectivity index (χ2n) is 15.3. The highest BCUT2D eigenvalue weighted by Crippen LogP contribution is 2.39. The predicted octanol–water partition coefficient (Wildman–Crippen LogP) is 7.82. The molecule has 0 aromatic heterocycles. The van der Waals surface area contributed by atoms with Crippen molar-refractivity contribution in [3.63, 3.8) is 0 Å². The van der Waals surface area contributed by atoms with Gasteiger partial charge in [-0.2, -0.15) is 0 Å². The van der Waals surface area contributed by atoms with Crippen LogP contribution in [0, 0.1) is 17.3 Å². The minimum atomic E-state index is -2.04. The van der Waals surface area contributed by atoms with Gasteiger partial charge in [0.15, 0.2) is 8.32 Å². The monoisotopic (exact) mass is 560 g/mol. The van der Waals surface area contributed by atoms with Crippen LogP contribution >= 0.6 is 0 Å². The molecule has 1 aliphatic rings. The summed E-state index contributed by atoms with van der Waals surface area (Å²) in [6.07, 6.45) is 4.86. The number of carbonyl (C=O) groups is 1. The van der Waals surface area contributed by atoms with Gasteiger partial charge in [-0.05, 0) is 94.7 Å². The molecule has 1 fully saturated rings. The standard InChI is InChI=1S/C29H60N2O4SSi/c1-21(2)19-25(27(3,4)5)31(26(32)33)23(20-35-37(12,13)29(9,10)11)15-14-16-24(22-17-18-22)30-36(34)28(6,7)8/h21-25,30H,14-20H2,1-13H3,(H,32,33)/t23-,24+,25?,36?/m0/s1. The number of hydrogen-bond acceptors (Lipinski definition) is 4. The van der Waals surface area contributed by atoms with Crippen molar-refractivity contribution in [1.82, 2.24) is 9.62 Å². The molecule has 0 spiro atoms. The maximum Gasteiger partial charge on any atom is 0.407 e. The Kier molecular flexibility index (Phi) is 12.6. The maximum absolute atomic E-state index is 12.8. The predicted molar refractivity (Wildman–Crippen MR) is 161 cm³/mol. The van der Waals surface area contributed by atoms with Crippen LogP contribution in [0.5, 0.6) is 0 Å². The SMILES string of the molecule is CC(C)CC(N(C(=O)O)[C@@H](CCC[C@@H](N[S+]([O-])C(C)(C)C)C1CC1)CO[Si](C)(C)C(C)(C)C)C(C)(C)C. The van der Waals surface area contributed by atoms with Gasteiger partial charge in [-0.15, -0.1) is 4.72 Å². The van der Waals surface area contributed by atoms with Crippen LogP contribution in [0.1, 0.15) is 115 Å². The van der Waals surface area contributed by atoms with Gasteiger partial charge in [0.1, 0.15) is 4.75 Å². The number of rotatable bonds is 14. The van der Waals surface area contributed by atoms with E-state index in [1.54, 1.807) is 4.90 Å². The van der Waals surface area contributed by atoms with Gasteiger partial charge < -0.3 is 14.1 Å². The molecular formula is C29H60N2O4SSi. The highest BCUT2D eigenvalue weighted by Gasteiger charge is 2.42. The first-order valence-corrected chi connectivity index (χ1v) is 18.5. The summed E-state index contributed by atoms with van der Waals surface area (Å²) >= 11 is -1.10. The van der Waals surface area contributed by atoms with Crippen LogP contribution in [0.25, 0.3) is 0 Å². The Balaban J connectivity index is 3.16. The first-order chi connectivity index (χ1) is 16.6. The molecule has 8 heteroatoms. The molecule has 0 aliphatic heterocycles. The summed E-state index contributed by atoms with van der Waals surface area (Å²) in [6, 6.07) is -0.0827. The maximum atomic E-state index is 12.8. The topological polar surface area (TPSA) is 84.9 Å². The lowest BCUT2D eigenvalue weighted by Crippen LogP contribution is -2.55. The van der Waals surface area contributed by atoms with Gasteiger partial charge in [0.2, 0.25) is 0 Å². The molecule has 0 heterocycles. The van der Waals surface area contributed by atoms with Gasteiger partial charge in [0, 0.05) is 17.4 Å². The molecule has 0 bridgehead atoms. The third-order valence-electron chi connectivity index (χ3n) is 8.15. The van der Waals surface area contributed by atoms with E-state index >= 15 is 0 Å². The first kappa shape index (κ1) is 34.7. The number of amides is 1. The van der Waals surface area contributed by atoms with Crippen molar-refractivity contribution in [2.45, 2.75) is 156 Å². The van der Waals surface area contributed by atoms with E-state index in [-0.39, 0.29) is 33.3 Å². The van der Waals surface area contributed by atoms with Crippen molar-refractivity contribution in [1.29, 1.82) is 0 Å². The van der Waals surface area contributed by atoms with Crippen molar-refractivity contribution in [2.24, 2.45) is 17.3 Å². The average Bonchev–Trinajstić information content (AvgIpc) is 3.52. The Morgan fingerprint density at radius 1 is 1.08 bits per heavy atom. The normalized spacial score (nSPS) is 19.0. The van der Waals surface area contributed by atoms with Crippen LogP contribution in [0.4, 0.5) is 4.79 Å². The van der Waals surface area contributed by atoms with Crippen LogP contribution in [-0.2, 0) is 15.8 Å². The Morgan fingerprint density at radius 2 is 1.62 bits per heavy atom. The summed E-state index contributed by atoms with van der Waals surface area (Å²) in [5.41, 5.74) is -0.181. The largest absolute Gasteiger partial charge is 0.598 e. The van der Waals surface area contributed by atoms with E-state index in [9.17, 15) is 14.5 Å². The van der Waals surface area contributed by atoms with Crippen molar-refractivity contribution in [3.05, 3.63) is 0 Å². The highest BCUT2D eigenvalue weighted by molar-refractivity contribution is 7.90. The third-order valence-corrected chi connectivity index (χ3v) is 14.3. The molecule has 1 amide bonds. The van der Waals surface area contributed by atoms with E-state index in [0.717, 1.165) is 25.7 Å². The molecule has 0 saturated heterocycles. The fourth-order valence-corrected chi connectivity index (χ4v) is 6.46. The van der Waals surface area contributed by atoms with Crippen LogP contribution in [0.15, 0.2) is 0 Å². The lowest BCUT2D eigenvalue weighted by Gasteiger charge is -2.45. The van der Waals surface area contributed by atoms with E-state index in [2.05, 4.69) is 73.2 Å². The van der Waals surface area contributed by atoms with Crippen LogP contribution in [0.3, 0.4) is 0 Å². The molecule has 6 nitrogen and oxygen atoms in total. The highest BCUT2D eigenvalue weighted by atomic mass is 32.2. The Bertz CT molecular complexity index is 708. The van der Waals surface area contributed by atoms with Gasteiger partial charge in [-0.3, -0.25) is 4.90 Å². The summed E-state index contributed by atoms with van der Waals surface area (Å²) in [5, 5.41) is 10.6. The summed E-state index contributed by atoms with van der Waals surface area (Å²) in [5.74, 6) is 0.968. The fraction of sp³-hybridized carbons (Fsp3) is 0.966. The zero-order valence-electron chi connectivity index (χ0n) is 26.4. The van der Waals surface area contributed by atoms with Crippen LogP contribution in [0.2, 0.25) is 18.1 Å². The summed E-state index contributed by atoms with van der Waals surface area (Å²) in [4.78, 5) is 14.6. The Hall–Kier alpha value is -0.283. The number of nitrogens with one attached hydrogen (secondary N) is 1. The zero-order valence-corrected chi connectivity index (χ0v) is 28.2. The lowest BCUT2D eigenvalue weighted by atomic mass is 9.80. The molecule has 1 aliphatic carbocycles. The van der Waals surface area contributed by atoms with E-state index in [4.69, 9.17) is 4.43 Å². The smallest absolute Gasteiger partial charge is 0.407 e. The number of nitrogens with zero attached hydrogens (tertiary/aromatic N) is 1. The molecule has 1 rings (SSSR count). The van der Waals surface area contributed by atoms with E-state index in [0.29, 0.717) is 18.4 Å². The number of carboxylic acid groups (broad SMARTS) is 1. The van der Waals surface area contributed by atoms with Crippen molar-refractivity contribution in [2.75, 3.05) is 6.61 Å². The second-order valence-corrected chi connectivity index (χ2v) is 22.1. The van der Waals surface area contributed by atoms with Gasteiger partial charge in [-0.25, -0.2) is 4.79 Å². The molecular weight excluding hydrogens is 500 g/mol. The Labute approximate surface area is 233 Å². The van der Waals surface area contributed by atoms with E-state index < -0.39 is 25.8 Å². The minimum absolute atomic E-state index is 0.0605. The Morgan fingerprint density at radius 3 is 2.00 bits per heavy atom. The number of hydrogen-bond donors (Lipinski definition) is 2. The molecule has 2 unspecified atom stereocenters. The lowest BCUT2D eigenvalue weighted by molar-refractivity contribution is 0.0237. The van der Waals surface area contributed by atoms with E-state index in [1.165, 1.54) is 12.8 Å². The van der Waals surface area contributed by atoms with Crippen molar-refractivity contribution in [3.8, 4) is 0 Å². The average molecular weight is 561 g/mol. The van der Waals surface area contributed by atoms with Gasteiger partial charge in [-0.1, -0.05) is 55.4 Å². The third kappa shape index (κ3) is 11.4. The van der Waals surface area contributed by atoms with Crippen molar-refractivity contribution < 1.29 is 18.9 Å². The molecule has 0 radical (unpaired) electrons. The summed E-state index contributed by atoms with van der Waals surface area (Å²) in [6.45, 7) is 28.4. The molecule has 4 atom stereocenters.